The van der Waals surface area contributed by atoms with Crippen LogP contribution in [-0.4, -0.2) is 74.9 Å². The van der Waals surface area contributed by atoms with Crippen molar-refractivity contribution in [2.24, 2.45) is 7.05 Å². The van der Waals surface area contributed by atoms with E-state index < -0.39 is 0 Å². The number of aromatic nitrogens is 5. The van der Waals surface area contributed by atoms with Gasteiger partial charge in [-0.15, -0.1) is 0 Å². The van der Waals surface area contributed by atoms with E-state index in [2.05, 4.69) is 30.2 Å². The Hall–Kier alpha value is -3.92. The van der Waals surface area contributed by atoms with E-state index in [-0.39, 0.29) is 12.6 Å². The summed E-state index contributed by atoms with van der Waals surface area (Å²) >= 11 is 0. The second kappa shape index (κ2) is 9.52. The van der Waals surface area contributed by atoms with Crippen LogP contribution in [0.1, 0.15) is 10.4 Å². The van der Waals surface area contributed by atoms with Crippen molar-refractivity contribution in [2.45, 2.75) is 0 Å². The second-order valence-electron chi connectivity index (χ2n) is 8.23. The molecule has 0 atom stereocenters. The van der Waals surface area contributed by atoms with E-state index >= 15 is 0 Å². The van der Waals surface area contributed by atoms with Crippen molar-refractivity contribution in [1.29, 1.82) is 0 Å². The number of piperazine rings is 1. The van der Waals surface area contributed by atoms with Gasteiger partial charge in [-0.3, -0.25) is 24.3 Å². The molecule has 1 aliphatic heterocycles. The molecule has 1 fully saturated rings. The highest BCUT2D eigenvalue weighted by molar-refractivity contribution is 6.05. The number of amides is 1. The predicted octanol–water partition coefficient (Wildman–Crippen LogP) is 2.77. The number of pyridine rings is 3. The zero-order chi connectivity index (χ0) is 23.5. The largest absolute Gasteiger partial charge is 0.353 e. The van der Waals surface area contributed by atoms with Gasteiger partial charge in [-0.05, 0) is 29.7 Å². The number of nitrogens with one attached hydrogen (secondary N) is 1. The number of nitrogens with zero attached hydrogens (tertiary/aromatic N) is 7. The van der Waals surface area contributed by atoms with E-state index in [0.717, 1.165) is 40.9 Å². The summed E-state index contributed by atoms with van der Waals surface area (Å²) in [5, 5.41) is 8.97. The van der Waals surface area contributed by atoms with Crippen molar-refractivity contribution in [2.75, 3.05) is 49.6 Å². The van der Waals surface area contributed by atoms with Gasteiger partial charge in [-0.2, -0.15) is 5.10 Å². The lowest BCUT2D eigenvalue weighted by atomic mass is 10.1. The number of carbonyl (C=O) groups is 1. The third kappa shape index (κ3) is 4.58. The van der Waals surface area contributed by atoms with Crippen LogP contribution in [0.15, 0.2) is 55.2 Å². The van der Waals surface area contributed by atoms with Crippen LogP contribution in [0, 0.1) is 0 Å². The Labute approximate surface area is 196 Å². The molecule has 9 nitrogen and oxygen atoms in total. The topological polar surface area (TPSA) is 92.1 Å². The van der Waals surface area contributed by atoms with Crippen LogP contribution in [0.5, 0.6) is 0 Å². The number of fused-ring (bicyclic) bond motifs is 1. The summed E-state index contributed by atoms with van der Waals surface area (Å²) in [7, 11) is 1.86. The maximum atomic E-state index is 12.8. The van der Waals surface area contributed by atoms with Crippen molar-refractivity contribution in [3.05, 3.63) is 60.8 Å². The molecule has 10 heteroatoms. The molecular formula is C24H25FN8O. The molecule has 0 aromatic carbocycles. The minimum absolute atomic E-state index is 0.255. The smallest absolute Gasteiger partial charge is 0.256 e. The highest BCUT2D eigenvalue weighted by Gasteiger charge is 2.21. The van der Waals surface area contributed by atoms with Crippen molar-refractivity contribution in [3.8, 4) is 11.3 Å². The minimum Gasteiger partial charge on any atom is -0.353 e. The van der Waals surface area contributed by atoms with Crippen LogP contribution in [-0.2, 0) is 7.05 Å². The first-order valence-electron chi connectivity index (χ1n) is 11.1. The van der Waals surface area contributed by atoms with Crippen LogP contribution >= 0.6 is 0 Å². The first kappa shape index (κ1) is 21.9. The van der Waals surface area contributed by atoms with Crippen LogP contribution in [0.4, 0.5) is 16.0 Å². The summed E-state index contributed by atoms with van der Waals surface area (Å²) in [6, 6.07) is 7.16. The number of hydrogen-bond donors (Lipinski definition) is 1. The molecule has 1 N–H and O–H groups in total. The summed E-state index contributed by atoms with van der Waals surface area (Å²) < 4.78 is 14.5. The predicted molar refractivity (Wildman–Crippen MR) is 129 cm³/mol. The molecule has 1 amide bonds. The van der Waals surface area contributed by atoms with Gasteiger partial charge in [0.25, 0.3) is 5.91 Å². The van der Waals surface area contributed by atoms with Gasteiger partial charge in [0, 0.05) is 81.1 Å². The Morgan fingerprint density at radius 2 is 1.91 bits per heavy atom. The lowest BCUT2D eigenvalue weighted by Crippen LogP contribution is -2.47. The average molecular weight is 461 g/mol. The summed E-state index contributed by atoms with van der Waals surface area (Å²) in [6.45, 7) is 3.03. The highest BCUT2D eigenvalue weighted by Crippen LogP contribution is 2.31. The Morgan fingerprint density at radius 1 is 1.12 bits per heavy atom. The van der Waals surface area contributed by atoms with E-state index in [0.29, 0.717) is 31.0 Å². The highest BCUT2D eigenvalue weighted by atomic mass is 19.1. The Morgan fingerprint density at radius 3 is 2.62 bits per heavy atom. The van der Waals surface area contributed by atoms with E-state index in [9.17, 15) is 9.18 Å². The van der Waals surface area contributed by atoms with Crippen LogP contribution in [0.3, 0.4) is 0 Å². The van der Waals surface area contributed by atoms with Crippen LogP contribution in [0.2, 0.25) is 0 Å². The average Bonchev–Trinajstić information content (AvgIpc) is 3.31. The van der Waals surface area contributed by atoms with E-state index in [1.54, 1.807) is 35.4 Å². The van der Waals surface area contributed by atoms with Gasteiger partial charge in [0.15, 0.2) is 0 Å². The lowest BCUT2D eigenvalue weighted by Gasteiger charge is -2.35. The lowest BCUT2D eigenvalue weighted by molar-refractivity contribution is 0.102. The third-order valence-electron chi connectivity index (χ3n) is 5.95. The molecule has 5 heterocycles. The first-order valence-corrected chi connectivity index (χ1v) is 11.1. The van der Waals surface area contributed by atoms with Gasteiger partial charge in [-0.25, -0.2) is 9.37 Å². The molecule has 0 saturated carbocycles. The van der Waals surface area contributed by atoms with Gasteiger partial charge in [0.2, 0.25) is 0 Å². The molecule has 4 aromatic rings. The summed E-state index contributed by atoms with van der Waals surface area (Å²) in [4.78, 5) is 30.5. The number of rotatable bonds is 6. The molecule has 0 spiro atoms. The van der Waals surface area contributed by atoms with E-state index in [4.69, 9.17) is 4.98 Å². The zero-order valence-electron chi connectivity index (χ0n) is 18.9. The maximum Gasteiger partial charge on any atom is 0.256 e. The number of halogens is 1. The zero-order valence-corrected chi connectivity index (χ0v) is 18.9. The van der Waals surface area contributed by atoms with Crippen LogP contribution < -0.4 is 10.2 Å². The molecular weight excluding hydrogens is 435 g/mol. The molecule has 1 aliphatic rings. The molecule has 0 aliphatic carbocycles. The Balaban J connectivity index is 1.52. The fraction of sp³-hybridized carbons (Fsp3) is 0.292. The third-order valence-corrected chi connectivity index (χ3v) is 5.95. The number of anilines is 2. The summed E-state index contributed by atoms with van der Waals surface area (Å²) in [5.41, 5.74) is 2.20. The molecule has 174 valence electrons. The normalized spacial score (nSPS) is 14.5. The van der Waals surface area contributed by atoms with Gasteiger partial charge >= 0.3 is 0 Å². The van der Waals surface area contributed by atoms with Crippen molar-refractivity contribution in [3.63, 3.8) is 0 Å². The van der Waals surface area contributed by atoms with Gasteiger partial charge in [0.1, 0.15) is 18.3 Å². The number of carbonyl (C=O) groups excluding carboxylic acids is 1. The molecule has 0 unspecified atom stereocenters. The Kier molecular flexibility index (Phi) is 6.13. The monoisotopic (exact) mass is 460 g/mol. The number of alkyl halides is 1. The minimum atomic E-state index is -0.348. The molecule has 1 saturated heterocycles. The molecule has 34 heavy (non-hydrogen) atoms. The SMILES string of the molecule is Cn1cc(-c2cc3cc(NC(=O)c4ccncc4)nc(N4CCN(CCF)CC4)c3cn2)cn1. The summed E-state index contributed by atoms with van der Waals surface area (Å²) in [6.07, 6.45) is 8.66. The summed E-state index contributed by atoms with van der Waals surface area (Å²) in [5.74, 6) is 0.959. The van der Waals surface area contributed by atoms with Crippen molar-refractivity contribution >= 4 is 28.3 Å². The first-order chi connectivity index (χ1) is 16.6. The van der Waals surface area contributed by atoms with E-state index in [1.807, 2.05) is 31.6 Å². The van der Waals surface area contributed by atoms with Crippen LogP contribution in [0.25, 0.3) is 22.0 Å². The Bertz CT molecular complexity index is 1300. The molecule has 0 bridgehead atoms. The molecule has 5 rings (SSSR count). The maximum absolute atomic E-state index is 12.8. The van der Waals surface area contributed by atoms with Gasteiger partial charge in [-0.1, -0.05) is 0 Å². The number of hydrogen-bond acceptors (Lipinski definition) is 7. The van der Waals surface area contributed by atoms with E-state index in [1.165, 1.54) is 0 Å². The van der Waals surface area contributed by atoms with Crippen molar-refractivity contribution < 1.29 is 9.18 Å². The molecule has 4 aromatic heterocycles. The fourth-order valence-electron chi connectivity index (χ4n) is 4.14. The van der Waals surface area contributed by atoms with Gasteiger partial charge < -0.3 is 10.2 Å². The van der Waals surface area contributed by atoms with Gasteiger partial charge in [0.05, 0.1) is 11.9 Å². The quantitative estimate of drug-likeness (QED) is 0.473. The van der Waals surface area contributed by atoms with Crippen molar-refractivity contribution in [1.82, 2.24) is 29.6 Å². The fourth-order valence-corrected chi connectivity index (χ4v) is 4.14. The second-order valence-corrected chi connectivity index (χ2v) is 8.23. The number of aryl methyl sites for hydroxylation is 1. The molecule has 0 radical (unpaired) electrons. The standard InChI is InChI=1S/C24H25FN8O/c1-31-16-19(14-28-31)21-12-18-13-22(30-24(34)17-2-5-26-6-3-17)29-23(20(18)15-27-21)33-10-8-32(7-4-25)9-11-33/h2-3,5-6,12-16H,4,7-11H2,1H3,(H,29,30,34).